The molecule has 0 saturated carbocycles. The largest absolute Gasteiger partial charge is 0.368 e. The Bertz CT molecular complexity index is 121. The normalized spacial score (nSPS) is 8.67. The van der Waals surface area contributed by atoms with Crippen LogP contribution in [0.5, 0.6) is 0 Å². The van der Waals surface area contributed by atoms with Crippen LogP contribution in [-0.2, 0) is 9.68 Å². The van der Waals surface area contributed by atoms with Crippen LogP contribution < -0.4 is 5.73 Å². The predicted octanol–water partition coefficient (Wildman–Crippen LogP) is -0.0924. The molecule has 0 spiro atoms. The number of rotatable bonds is 3. The molecule has 52 valence electrons. The van der Waals surface area contributed by atoms with Crippen molar-refractivity contribution in [2.45, 2.75) is 6.42 Å². The molecule has 0 amide bonds. The molecule has 0 bridgehead atoms. The maximum atomic E-state index is 10.3. The second kappa shape index (κ2) is 4.05. The summed E-state index contributed by atoms with van der Waals surface area (Å²) in [6.07, 6.45) is 0.347. The third kappa shape index (κ3) is 2.84. The van der Waals surface area contributed by atoms with Gasteiger partial charge in [-0.2, -0.15) is 5.26 Å². The van der Waals surface area contributed by atoms with E-state index in [1.807, 2.05) is 0 Å². The van der Waals surface area contributed by atoms with E-state index in [0.29, 0.717) is 13.0 Å². The van der Waals surface area contributed by atoms with Crippen molar-refractivity contribution in [1.29, 1.82) is 0 Å². The van der Waals surface area contributed by atoms with Crippen LogP contribution in [0.15, 0.2) is 12.2 Å². The Labute approximate surface area is 52.8 Å². The molecule has 4 nitrogen and oxygen atoms in total. The Hall–Kier alpha value is -0.870. The van der Waals surface area contributed by atoms with Crippen LogP contribution in [0.25, 0.3) is 0 Å². The minimum absolute atomic E-state index is 0.181. The smallest absolute Gasteiger partial charge is 0.330 e. The summed E-state index contributed by atoms with van der Waals surface area (Å²) in [6, 6.07) is 0. The van der Waals surface area contributed by atoms with E-state index in [9.17, 15) is 4.79 Å². The Morgan fingerprint density at radius 2 is 2.33 bits per heavy atom. The average Bonchev–Trinajstić information content (AvgIpc) is 1.87. The molecule has 0 aromatic heterocycles. The van der Waals surface area contributed by atoms with Gasteiger partial charge in [0.05, 0.1) is 0 Å². The first-order valence-electron chi connectivity index (χ1n) is 2.46. The van der Waals surface area contributed by atoms with Gasteiger partial charge in [-0.15, -0.1) is 0 Å². The first kappa shape index (κ1) is 8.13. The summed E-state index contributed by atoms with van der Waals surface area (Å²) in [7, 11) is 0. The van der Waals surface area contributed by atoms with Crippen LogP contribution in [-0.4, -0.2) is 17.8 Å². The summed E-state index contributed by atoms with van der Waals surface area (Å²) < 4.78 is 0. The summed E-state index contributed by atoms with van der Waals surface area (Å²) in [4.78, 5) is 13.6. The van der Waals surface area contributed by atoms with Crippen molar-refractivity contribution in [3.05, 3.63) is 12.2 Å². The topological polar surface area (TPSA) is 72.6 Å². The van der Waals surface area contributed by atoms with E-state index in [2.05, 4.69) is 11.5 Å². The molecule has 0 aromatic carbocycles. The van der Waals surface area contributed by atoms with Gasteiger partial charge in [0.2, 0.25) is 0 Å². The molecule has 0 unspecified atom stereocenters. The number of hydrogen-bond donors (Lipinski definition) is 2. The molecule has 0 aliphatic heterocycles. The molecule has 0 rings (SSSR count). The maximum absolute atomic E-state index is 10.3. The highest BCUT2D eigenvalue weighted by Gasteiger charge is 2.05. The number of carbonyl (C=O) groups is 1. The standard InChI is InChI=1S/C5H9NO3/c1-4(2-3-6)5(7)9-8/h8H,1-3,6H2. The predicted molar refractivity (Wildman–Crippen MR) is 31.5 cm³/mol. The van der Waals surface area contributed by atoms with Gasteiger partial charge in [-0.25, -0.2) is 4.79 Å². The van der Waals surface area contributed by atoms with Gasteiger partial charge in [0.1, 0.15) is 0 Å². The van der Waals surface area contributed by atoms with E-state index in [0.717, 1.165) is 0 Å². The van der Waals surface area contributed by atoms with Crippen molar-refractivity contribution in [1.82, 2.24) is 0 Å². The lowest BCUT2D eigenvalue weighted by Gasteiger charge is -1.96. The second-order valence-electron chi connectivity index (χ2n) is 1.52. The monoisotopic (exact) mass is 131 g/mol. The van der Waals surface area contributed by atoms with Gasteiger partial charge >= 0.3 is 5.97 Å². The van der Waals surface area contributed by atoms with Gasteiger partial charge in [0.15, 0.2) is 0 Å². The van der Waals surface area contributed by atoms with Gasteiger partial charge in [-0.05, 0) is 13.0 Å². The first-order chi connectivity index (χ1) is 4.22. The molecule has 0 aliphatic rings. The fourth-order valence-corrected chi connectivity index (χ4v) is 0.341. The molecular formula is C5H9NO3. The van der Waals surface area contributed by atoms with E-state index in [1.165, 1.54) is 0 Å². The summed E-state index contributed by atoms with van der Waals surface area (Å²) >= 11 is 0. The van der Waals surface area contributed by atoms with E-state index in [-0.39, 0.29) is 5.57 Å². The molecule has 9 heavy (non-hydrogen) atoms. The highest BCUT2D eigenvalue weighted by atomic mass is 17.1. The van der Waals surface area contributed by atoms with Crippen LogP contribution in [0, 0.1) is 0 Å². The van der Waals surface area contributed by atoms with Gasteiger partial charge in [0.25, 0.3) is 0 Å². The van der Waals surface area contributed by atoms with Gasteiger partial charge in [-0.3, -0.25) is 4.89 Å². The third-order valence-corrected chi connectivity index (χ3v) is 0.818. The molecule has 0 saturated heterocycles. The molecule has 0 fully saturated rings. The van der Waals surface area contributed by atoms with Crippen LogP contribution in [0.2, 0.25) is 0 Å². The van der Waals surface area contributed by atoms with Gasteiger partial charge in [-0.1, -0.05) is 6.58 Å². The van der Waals surface area contributed by atoms with Crippen molar-refractivity contribution in [3.8, 4) is 0 Å². The van der Waals surface area contributed by atoms with Crippen LogP contribution >= 0.6 is 0 Å². The first-order valence-corrected chi connectivity index (χ1v) is 2.46. The summed E-state index contributed by atoms with van der Waals surface area (Å²) in [5.41, 5.74) is 5.25. The zero-order valence-electron chi connectivity index (χ0n) is 4.96. The SMILES string of the molecule is C=C(CCN)C(=O)OO. The molecule has 0 radical (unpaired) electrons. The number of nitrogens with two attached hydrogens (primary N) is 1. The minimum atomic E-state index is -0.819. The number of hydrogen-bond acceptors (Lipinski definition) is 4. The maximum Gasteiger partial charge on any atom is 0.368 e. The fraction of sp³-hybridized carbons (Fsp3) is 0.400. The summed E-state index contributed by atoms with van der Waals surface area (Å²) in [5.74, 6) is -0.819. The van der Waals surface area contributed by atoms with E-state index in [4.69, 9.17) is 11.0 Å². The van der Waals surface area contributed by atoms with Crippen molar-refractivity contribution in [3.63, 3.8) is 0 Å². The van der Waals surface area contributed by atoms with E-state index < -0.39 is 5.97 Å². The Balaban J connectivity index is 3.60. The van der Waals surface area contributed by atoms with E-state index in [1.54, 1.807) is 0 Å². The molecule has 4 heteroatoms. The number of carbonyl (C=O) groups excluding carboxylic acids is 1. The lowest BCUT2D eigenvalue weighted by Crippen LogP contribution is -2.08. The van der Waals surface area contributed by atoms with Gasteiger partial charge < -0.3 is 5.73 Å². The van der Waals surface area contributed by atoms with Crippen LogP contribution in [0.4, 0.5) is 0 Å². The van der Waals surface area contributed by atoms with Crippen molar-refractivity contribution >= 4 is 5.97 Å². The zero-order chi connectivity index (χ0) is 7.28. The second-order valence-corrected chi connectivity index (χ2v) is 1.52. The highest BCUT2D eigenvalue weighted by molar-refractivity contribution is 5.87. The Morgan fingerprint density at radius 3 is 2.67 bits per heavy atom. The van der Waals surface area contributed by atoms with Crippen LogP contribution in [0.3, 0.4) is 0 Å². The van der Waals surface area contributed by atoms with Crippen molar-refractivity contribution in [2.24, 2.45) is 5.73 Å². The molecule has 0 heterocycles. The highest BCUT2D eigenvalue weighted by Crippen LogP contribution is 1.96. The lowest BCUT2D eigenvalue weighted by atomic mass is 10.2. The lowest BCUT2D eigenvalue weighted by molar-refractivity contribution is -0.229. The summed E-state index contributed by atoms with van der Waals surface area (Å²) in [5, 5.41) is 7.78. The van der Waals surface area contributed by atoms with Gasteiger partial charge in [0, 0.05) is 5.57 Å². The minimum Gasteiger partial charge on any atom is -0.330 e. The van der Waals surface area contributed by atoms with Crippen molar-refractivity contribution in [2.75, 3.05) is 6.54 Å². The molecule has 0 aromatic rings. The zero-order valence-corrected chi connectivity index (χ0v) is 4.96. The van der Waals surface area contributed by atoms with E-state index >= 15 is 0 Å². The fourth-order valence-electron chi connectivity index (χ4n) is 0.341. The third-order valence-electron chi connectivity index (χ3n) is 0.818. The Morgan fingerprint density at radius 1 is 1.78 bits per heavy atom. The molecule has 3 N–H and O–H groups in total. The molecule has 0 aliphatic carbocycles. The quantitative estimate of drug-likeness (QED) is 0.319. The van der Waals surface area contributed by atoms with Crippen molar-refractivity contribution < 1.29 is 14.9 Å². The molecular weight excluding hydrogens is 122 g/mol. The molecule has 0 atom stereocenters. The van der Waals surface area contributed by atoms with Crippen LogP contribution in [0.1, 0.15) is 6.42 Å². The average molecular weight is 131 g/mol. The summed E-state index contributed by atoms with van der Waals surface area (Å²) in [6.45, 7) is 3.63. The Kier molecular flexibility index (Phi) is 3.66.